The number of hydrogen-bond donors (Lipinski definition) is 1. The first-order valence-electron chi connectivity index (χ1n) is 10.00. The number of amides is 1. The van der Waals surface area contributed by atoms with Crippen molar-refractivity contribution in [2.75, 3.05) is 0 Å². The van der Waals surface area contributed by atoms with Gasteiger partial charge in [-0.25, -0.2) is 4.68 Å². The lowest BCUT2D eigenvalue weighted by Crippen LogP contribution is -2.30. The van der Waals surface area contributed by atoms with Gasteiger partial charge in [-0.3, -0.25) is 4.79 Å². The highest BCUT2D eigenvalue weighted by molar-refractivity contribution is 7.09. The highest BCUT2D eigenvalue weighted by Crippen LogP contribution is 2.29. The zero-order chi connectivity index (χ0) is 21.5. The Kier molecular flexibility index (Phi) is 4.74. The first kappa shape index (κ1) is 19.4. The summed E-state index contributed by atoms with van der Waals surface area (Å²) in [5.74, 6) is 0.302. The molecule has 0 saturated heterocycles. The Labute approximate surface area is 182 Å². The van der Waals surface area contributed by atoms with E-state index in [9.17, 15) is 4.79 Å². The smallest absolute Gasteiger partial charge is 0.272 e. The number of thiophene rings is 1. The van der Waals surface area contributed by atoms with Gasteiger partial charge in [0, 0.05) is 16.0 Å². The molecule has 0 aliphatic heterocycles. The molecule has 0 aliphatic carbocycles. The van der Waals surface area contributed by atoms with E-state index >= 15 is 0 Å². The normalized spacial score (nSPS) is 12.5. The quantitative estimate of drug-likeness (QED) is 0.458. The van der Waals surface area contributed by atoms with Crippen molar-refractivity contribution in [3.8, 4) is 5.95 Å². The van der Waals surface area contributed by atoms with Crippen molar-refractivity contribution in [3.63, 3.8) is 0 Å². The topological polar surface area (TPSA) is 90.5 Å². The number of benzene rings is 1. The van der Waals surface area contributed by atoms with E-state index in [-0.39, 0.29) is 5.91 Å². The van der Waals surface area contributed by atoms with Crippen LogP contribution in [0.2, 0.25) is 0 Å². The molecule has 5 aromatic rings. The third-order valence-corrected chi connectivity index (χ3v) is 6.16. The van der Waals surface area contributed by atoms with Crippen molar-refractivity contribution in [1.82, 2.24) is 34.8 Å². The maximum atomic E-state index is 13.0. The van der Waals surface area contributed by atoms with E-state index in [1.165, 1.54) is 0 Å². The van der Waals surface area contributed by atoms with Crippen LogP contribution in [-0.4, -0.2) is 35.4 Å². The standard InChI is InChI=1S/C22H21N7OS/c1-13-11-14(2)29(27-13)22-24-20-19(25-26-22)17-8-4-5-9-18(17)28(20)15(3)21(30)23-12-16-7-6-10-31-16/h4-11,15H,12H2,1-3H3,(H,23,30). The van der Waals surface area contributed by atoms with Crippen LogP contribution in [0.3, 0.4) is 0 Å². The van der Waals surface area contributed by atoms with Crippen LogP contribution < -0.4 is 5.32 Å². The molecule has 1 aromatic carbocycles. The fourth-order valence-corrected chi connectivity index (χ4v) is 4.46. The molecular formula is C22H21N7OS. The average molecular weight is 432 g/mol. The lowest BCUT2D eigenvalue weighted by atomic mass is 10.2. The lowest BCUT2D eigenvalue weighted by molar-refractivity contribution is -0.123. The number of rotatable bonds is 5. The first-order valence-corrected chi connectivity index (χ1v) is 10.9. The number of fused-ring (bicyclic) bond motifs is 3. The number of aryl methyl sites for hydroxylation is 2. The fourth-order valence-electron chi connectivity index (χ4n) is 3.82. The molecule has 9 heteroatoms. The third-order valence-electron chi connectivity index (χ3n) is 5.29. The minimum atomic E-state index is -0.479. The van der Waals surface area contributed by atoms with Crippen LogP contribution in [0, 0.1) is 13.8 Å². The van der Waals surface area contributed by atoms with Gasteiger partial charge in [-0.05, 0) is 44.4 Å². The van der Waals surface area contributed by atoms with Gasteiger partial charge < -0.3 is 9.88 Å². The van der Waals surface area contributed by atoms with Crippen molar-refractivity contribution in [3.05, 3.63) is 64.1 Å². The Balaban J connectivity index is 1.61. The zero-order valence-corrected chi connectivity index (χ0v) is 18.2. The molecule has 1 unspecified atom stereocenters. The van der Waals surface area contributed by atoms with Gasteiger partial charge in [-0.1, -0.05) is 24.3 Å². The number of para-hydroxylation sites is 1. The number of hydrogen-bond acceptors (Lipinski definition) is 6. The van der Waals surface area contributed by atoms with Crippen molar-refractivity contribution in [2.45, 2.75) is 33.4 Å². The summed E-state index contributed by atoms with van der Waals surface area (Å²) in [6, 6.07) is 13.3. The molecule has 4 heterocycles. The Morgan fingerprint density at radius 2 is 2.00 bits per heavy atom. The summed E-state index contributed by atoms with van der Waals surface area (Å²) in [4.78, 5) is 18.9. The summed E-state index contributed by atoms with van der Waals surface area (Å²) >= 11 is 1.62. The summed E-state index contributed by atoms with van der Waals surface area (Å²) in [6.07, 6.45) is 0. The lowest BCUT2D eigenvalue weighted by Gasteiger charge is -2.16. The number of aromatic nitrogens is 6. The van der Waals surface area contributed by atoms with Gasteiger partial charge >= 0.3 is 0 Å². The second kappa shape index (κ2) is 7.59. The number of carbonyl (C=O) groups excluding carboxylic acids is 1. The van der Waals surface area contributed by atoms with Gasteiger partial charge in [0.05, 0.1) is 17.8 Å². The van der Waals surface area contributed by atoms with E-state index in [2.05, 4.69) is 20.6 Å². The van der Waals surface area contributed by atoms with Crippen LogP contribution in [0.4, 0.5) is 0 Å². The van der Waals surface area contributed by atoms with Gasteiger partial charge in [-0.15, -0.1) is 21.5 Å². The van der Waals surface area contributed by atoms with Gasteiger partial charge in [0.25, 0.3) is 5.95 Å². The van der Waals surface area contributed by atoms with E-state index in [4.69, 9.17) is 4.98 Å². The number of nitrogens with one attached hydrogen (secondary N) is 1. The first-order chi connectivity index (χ1) is 15.0. The summed E-state index contributed by atoms with van der Waals surface area (Å²) in [7, 11) is 0. The van der Waals surface area contributed by atoms with Crippen molar-refractivity contribution in [2.24, 2.45) is 0 Å². The van der Waals surface area contributed by atoms with Crippen LogP contribution in [0.25, 0.3) is 28.0 Å². The van der Waals surface area contributed by atoms with Gasteiger partial charge in [0.2, 0.25) is 5.91 Å². The predicted molar refractivity (Wildman–Crippen MR) is 120 cm³/mol. The Bertz CT molecular complexity index is 1400. The molecule has 4 aromatic heterocycles. The van der Waals surface area contributed by atoms with Crippen LogP contribution >= 0.6 is 11.3 Å². The van der Waals surface area contributed by atoms with Crippen molar-refractivity contribution < 1.29 is 4.79 Å². The fraction of sp³-hybridized carbons (Fsp3) is 0.227. The molecule has 0 spiro atoms. The van der Waals surface area contributed by atoms with Gasteiger partial charge in [0.1, 0.15) is 11.6 Å². The van der Waals surface area contributed by atoms with E-state index in [1.54, 1.807) is 16.0 Å². The number of nitrogens with zero attached hydrogens (tertiary/aromatic N) is 6. The summed E-state index contributed by atoms with van der Waals surface area (Å²) in [6.45, 7) is 6.25. The molecule has 0 bridgehead atoms. The van der Waals surface area contributed by atoms with Gasteiger partial charge in [-0.2, -0.15) is 10.1 Å². The van der Waals surface area contributed by atoms with Gasteiger partial charge in [0.15, 0.2) is 5.65 Å². The molecule has 1 N–H and O–H groups in total. The SMILES string of the molecule is Cc1cc(C)n(-c2nnc3c4ccccc4n(C(C)C(=O)NCc4cccs4)c3n2)n1. The van der Waals surface area contributed by atoms with E-state index in [1.807, 2.05) is 73.2 Å². The van der Waals surface area contributed by atoms with E-state index in [0.717, 1.165) is 27.2 Å². The van der Waals surface area contributed by atoms with E-state index < -0.39 is 6.04 Å². The molecule has 0 radical (unpaired) electrons. The summed E-state index contributed by atoms with van der Waals surface area (Å²) in [5.41, 5.74) is 3.96. The average Bonchev–Trinajstić information content (AvgIpc) is 3.48. The molecule has 31 heavy (non-hydrogen) atoms. The maximum absolute atomic E-state index is 13.0. The Hall–Kier alpha value is -3.59. The van der Waals surface area contributed by atoms with Crippen LogP contribution in [0.15, 0.2) is 47.8 Å². The third kappa shape index (κ3) is 3.36. The van der Waals surface area contributed by atoms with Crippen LogP contribution in [0.1, 0.15) is 29.2 Å². The molecule has 0 saturated carbocycles. The number of carbonyl (C=O) groups is 1. The second-order valence-corrected chi connectivity index (χ2v) is 8.52. The highest BCUT2D eigenvalue weighted by Gasteiger charge is 2.23. The molecule has 5 rings (SSSR count). The van der Waals surface area contributed by atoms with Crippen LogP contribution in [-0.2, 0) is 11.3 Å². The van der Waals surface area contributed by atoms with Crippen LogP contribution in [0.5, 0.6) is 0 Å². The minimum Gasteiger partial charge on any atom is -0.349 e. The Morgan fingerprint density at radius 3 is 2.74 bits per heavy atom. The zero-order valence-electron chi connectivity index (χ0n) is 17.4. The minimum absolute atomic E-state index is 0.0812. The molecule has 156 valence electrons. The monoisotopic (exact) mass is 431 g/mol. The molecule has 8 nitrogen and oxygen atoms in total. The largest absolute Gasteiger partial charge is 0.349 e. The molecular weight excluding hydrogens is 410 g/mol. The summed E-state index contributed by atoms with van der Waals surface area (Å²) in [5, 5.41) is 19.2. The highest BCUT2D eigenvalue weighted by atomic mass is 32.1. The maximum Gasteiger partial charge on any atom is 0.272 e. The molecule has 1 amide bonds. The van der Waals surface area contributed by atoms with Crippen molar-refractivity contribution in [1.29, 1.82) is 0 Å². The molecule has 0 fully saturated rings. The molecule has 0 aliphatic rings. The summed E-state index contributed by atoms with van der Waals surface area (Å²) < 4.78 is 3.60. The Morgan fingerprint density at radius 1 is 1.16 bits per heavy atom. The van der Waals surface area contributed by atoms with E-state index in [0.29, 0.717) is 23.7 Å². The second-order valence-electron chi connectivity index (χ2n) is 7.48. The predicted octanol–water partition coefficient (Wildman–Crippen LogP) is 3.72. The molecule has 1 atom stereocenters. The van der Waals surface area contributed by atoms with Crippen molar-refractivity contribution >= 4 is 39.3 Å².